The third-order valence-electron chi connectivity index (χ3n) is 2.72. The van der Waals surface area contributed by atoms with E-state index in [1.54, 1.807) is 36.4 Å². The summed E-state index contributed by atoms with van der Waals surface area (Å²) in [4.78, 5) is 32.3. The van der Waals surface area contributed by atoms with Crippen molar-refractivity contribution in [2.24, 2.45) is 0 Å². The molecule has 0 spiro atoms. The van der Waals surface area contributed by atoms with Crippen LogP contribution in [0.15, 0.2) is 41.2 Å². The first-order valence-electron chi connectivity index (χ1n) is 5.78. The number of imidazole rings is 1. The number of carbonyl (C=O) groups is 1. The molecule has 1 amide bonds. The van der Waals surface area contributed by atoms with Gasteiger partial charge in [0.2, 0.25) is 0 Å². The molecule has 3 N–H and O–H groups in total. The molecular weight excluding hydrogens is 280 g/mol. The van der Waals surface area contributed by atoms with Crippen LogP contribution in [0.4, 0.5) is 5.69 Å². The van der Waals surface area contributed by atoms with Crippen molar-refractivity contribution >= 4 is 34.2 Å². The summed E-state index contributed by atoms with van der Waals surface area (Å²) in [5.41, 5.74) is 1.78. The van der Waals surface area contributed by atoms with E-state index in [0.717, 1.165) is 0 Å². The van der Waals surface area contributed by atoms with Crippen LogP contribution in [0, 0.1) is 0 Å². The van der Waals surface area contributed by atoms with Crippen molar-refractivity contribution in [2.75, 3.05) is 5.32 Å². The average Bonchev–Trinajstić information content (AvgIpc) is 2.78. The Kier molecular flexibility index (Phi) is 3.00. The van der Waals surface area contributed by atoms with Gasteiger partial charge in [0, 0.05) is 5.69 Å². The number of nitrogens with zero attached hydrogens (tertiary/aromatic N) is 1. The number of aromatic amines is 2. The number of carbonyl (C=O) groups excluding carboxylic acids is 1. The molecule has 7 heteroatoms. The molecule has 0 fully saturated rings. The highest BCUT2D eigenvalue weighted by molar-refractivity contribution is 6.29. The summed E-state index contributed by atoms with van der Waals surface area (Å²) in [6, 6.07) is 9.86. The fraction of sp³-hybridized carbons (Fsp3) is 0. The first kappa shape index (κ1) is 12.4. The minimum atomic E-state index is -0.371. The van der Waals surface area contributed by atoms with Gasteiger partial charge in [-0.1, -0.05) is 17.7 Å². The first-order valence-corrected chi connectivity index (χ1v) is 6.15. The number of hydrogen-bond donors (Lipinski definition) is 3. The molecule has 2 aromatic heterocycles. The van der Waals surface area contributed by atoms with Gasteiger partial charge in [0.15, 0.2) is 0 Å². The largest absolute Gasteiger partial charge is 0.323 e. The zero-order valence-corrected chi connectivity index (χ0v) is 10.9. The van der Waals surface area contributed by atoms with Gasteiger partial charge >= 0.3 is 5.69 Å². The lowest BCUT2D eigenvalue weighted by Gasteiger charge is -2.04. The van der Waals surface area contributed by atoms with Gasteiger partial charge in [-0.2, -0.15) is 0 Å². The Morgan fingerprint density at radius 2 is 1.95 bits per heavy atom. The third kappa shape index (κ3) is 2.41. The van der Waals surface area contributed by atoms with Crippen molar-refractivity contribution in [3.05, 3.63) is 57.7 Å². The molecule has 0 bridgehead atoms. The van der Waals surface area contributed by atoms with E-state index in [4.69, 9.17) is 11.6 Å². The molecule has 0 unspecified atom stereocenters. The van der Waals surface area contributed by atoms with Crippen molar-refractivity contribution in [2.45, 2.75) is 0 Å². The van der Waals surface area contributed by atoms with Crippen molar-refractivity contribution in [1.29, 1.82) is 0 Å². The lowest BCUT2D eigenvalue weighted by atomic mass is 10.2. The van der Waals surface area contributed by atoms with Gasteiger partial charge in [-0.15, -0.1) is 0 Å². The summed E-state index contributed by atoms with van der Waals surface area (Å²) in [6.45, 7) is 0. The topological polar surface area (TPSA) is 90.6 Å². The van der Waals surface area contributed by atoms with Crippen LogP contribution < -0.4 is 11.0 Å². The Morgan fingerprint density at radius 3 is 2.75 bits per heavy atom. The number of halogens is 1. The number of pyridine rings is 1. The summed E-state index contributed by atoms with van der Waals surface area (Å²) < 4.78 is 0. The molecule has 3 aromatic rings. The van der Waals surface area contributed by atoms with Gasteiger partial charge in [0.25, 0.3) is 5.91 Å². The molecule has 0 radical (unpaired) electrons. The predicted octanol–water partition coefficient (Wildman–Crippen LogP) is 2.16. The lowest BCUT2D eigenvalue weighted by molar-refractivity contribution is 0.102. The number of hydrogen-bond acceptors (Lipinski definition) is 3. The minimum Gasteiger partial charge on any atom is -0.321 e. The molecular formula is C13H9ClN4O2. The summed E-state index contributed by atoms with van der Waals surface area (Å²) in [5, 5.41) is 2.94. The normalized spacial score (nSPS) is 10.7. The number of H-pyrrole nitrogens is 2. The summed E-state index contributed by atoms with van der Waals surface area (Å²) in [7, 11) is 0. The van der Waals surface area contributed by atoms with Crippen LogP contribution in [0.5, 0.6) is 0 Å². The van der Waals surface area contributed by atoms with Crippen molar-refractivity contribution < 1.29 is 4.79 Å². The monoisotopic (exact) mass is 288 g/mol. The van der Waals surface area contributed by atoms with E-state index in [1.165, 1.54) is 0 Å². The van der Waals surface area contributed by atoms with Crippen LogP contribution in [-0.4, -0.2) is 20.9 Å². The number of rotatable bonds is 2. The van der Waals surface area contributed by atoms with Gasteiger partial charge in [-0.3, -0.25) is 4.79 Å². The van der Waals surface area contributed by atoms with Gasteiger partial charge in [0.05, 0.1) is 11.0 Å². The molecule has 100 valence electrons. The number of fused-ring (bicyclic) bond motifs is 1. The second-order valence-corrected chi connectivity index (χ2v) is 4.53. The Bertz CT molecular complexity index is 853. The van der Waals surface area contributed by atoms with Crippen molar-refractivity contribution in [1.82, 2.24) is 15.0 Å². The molecule has 0 saturated carbocycles. The van der Waals surface area contributed by atoms with E-state index in [1.807, 2.05) is 0 Å². The average molecular weight is 289 g/mol. The third-order valence-corrected chi connectivity index (χ3v) is 2.93. The number of amides is 1. The second-order valence-electron chi connectivity index (χ2n) is 4.14. The molecule has 1 aromatic carbocycles. The Hall–Kier alpha value is -2.60. The smallest absolute Gasteiger partial charge is 0.321 e. The van der Waals surface area contributed by atoms with E-state index in [0.29, 0.717) is 16.7 Å². The molecule has 0 aliphatic rings. The van der Waals surface area contributed by atoms with Crippen LogP contribution in [-0.2, 0) is 0 Å². The van der Waals surface area contributed by atoms with Gasteiger partial charge in [-0.25, -0.2) is 9.78 Å². The summed E-state index contributed by atoms with van der Waals surface area (Å²) in [5.74, 6) is -0.371. The van der Waals surface area contributed by atoms with Crippen molar-refractivity contribution in [3.8, 4) is 0 Å². The highest BCUT2D eigenvalue weighted by Crippen LogP contribution is 2.15. The molecule has 0 saturated heterocycles. The fourth-order valence-corrected chi connectivity index (χ4v) is 2.00. The maximum atomic E-state index is 12.0. The highest BCUT2D eigenvalue weighted by atomic mass is 35.5. The summed E-state index contributed by atoms with van der Waals surface area (Å²) in [6.07, 6.45) is 0. The molecule has 0 aliphatic carbocycles. The molecule has 0 aliphatic heterocycles. The van der Waals surface area contributed by atoms with E-state index in [2.05, 4.69) is 20.3 Å². The van der Waals surface area contributed by atoms with Gasteiger partial charge in [-0.05, 0) is 30.3 Å². The van der Waals surface area contributed by atoms with Crippen LogP contribution in [0.2, 0.25) is 5.15 Å². The van der Waals surface area contributed by atoms with E-state index < -0.39 is 0 Å². The Labute approximate surface area is 117 Å². The standard InChI is InChI=1S/C13H9ClN4O2/c14-11-3-1-2-9(16-11)12(19)15-7-4-5-8-10(6-7)18-13(20)17-8/h1-6H,(H,15,19)(H2,17,18,20). The number of aromatic nitrogens is 3. The number of nitrogens with one attached hydrogen (secondary N) is 3. The molecule has 3 rings (SSSR count). The molecule has 20 heavy (non-hydrogen) atoms. The maximum Gasteiger partial charge on any atom is 0.323 e. The van der Waals surface area contributed by atoms with Gasteiger partial charge in [0.1, 0.15) is 10.8 Å². The number of anilines is 1. The fourth-order valence-electron chi connectivity index (χ4n) is 1.84. The Balaban J connectivity index is 1.88. The number of benzene rings is 1. The van der Waals surface area contributed by atoms with E-state index in [9.17, 15) is 9.59 Å². The van der Waals surface area contributed by atoms with Crippen LogP contribution in [0.3, 0.4) is 0 Å². The van der Waals surface area contributed by atoms with Gasteiger partial charge < -0.3 is 15.3 Å². The van der Waals surface area contributed by atoms with E-state index in [-0.39, 0.29) is 22.4 Å². The van der Waals surface area contributed by atoms with Crippen LogP contribution >= 0.6 is 11.6 Å². The Morgan fingerprint density at radius 1 is 1.15 bits per heavy atom. The molecule has 2 heterocycles. The van der Waals surface area contributed by atoms with E-state index >= 15 is 0 Å². The lowest BCUT2D eigenvalue weighted by Crippen LogP contribution is -2.13. The molecule has 0 atom stereocenters. The first-order chi connectivity index (χ1) is 9.61. The van der Waals surface area contributed by atoms with Crippen LogP contribution in [0.25, 0.3) is 11.0 Å². The minimum absolute atomic E-state index is 0.222. The second kappa shape index (κ2) is 4.82. The van der Waals surface area contributed by atoms with Crippen molar-refractivity contribution in [3.63, 3.8) is 0 Å². The SMILES string of the molecule is O=C(Nc1ccc2[nH]c(=O)[nH]c2c1)c1cccc(Cl)n1. The zero-order valence-electron chi connectivity index (χ0n) is 10.1. The maximum absolute atomic E-state index is 12.0. The molecule has 6 nitrogen and oxygen atoms in total. The van der Waals surface area contributed by atoms with Crippen LogP contribution in [0.1, 0.15) is 10.5 Å². The predicted molar refractivity (Wildman–Crippen MR) is 76.1 cm³/mol. The zero-order chi connectivity index (χ0) is 14.1. The summed E-state index contributed by atoms with van der Waals surface area (Å²) >= 11 is 5.74. The highest BCUT2D eigenvalue weighted by Gasteiger charge is 2.09. The quantitative estimate of drug-likeness (QED) is 0.631.